The number of ether oxygens (including phenoxy) is 2. The largest absolute Gasteiger partial charge is 0.493 e. The fraction of sp³-hybridized carbons (Fsp3) is 0.435. The van der Waals surface area contributed by atoms with Gasteiger partial charge in [0.15, 0.2) is 11.5 Å². The van der Waals surface area contributed by atoms with Crippen LogP contribution in [0.15, 0.2) is 40.1 Å². The Morgan fingerprint density at radius 2 is 1.94 bits per heavy atom. The number of nitrogens with zero attached hydrogens (tertiary/aromatic N) is 4. The summed E-state index contributed by atoms with van der Waals surface area (Å²) in [5.41, 5.74) is 1.12. The summed E-state index contributed by atoms with van der Waals surface area (Å²) in [5, 5.41) is 10.2. The fourth-order valence-corrected chi connectivity index (χ4v) is 3.95. The molecule has 172 valence electrons. The van der Waals surface area contributed by atoms with Crippen molar-refractivity contribution in [3.63, 3.8) is 0 Å². The Labute approximate surface area is 192 Å². The van der Waals surface area contributed by atoms with Gasteiger partial charge in [0.05, 0.1) is 32.2 Å². The predicted molar refractivity (Wildman–Crippen MR) is 124 cm³/mol. The van der Waals surface area contributed by atoms with Crippen LogP contribution in [0, 0.1) is 0 Å². The van der Waals surface area contributed by atoms with Crippen molar-refractivity contribution in [3.05, 3.63) is 47.2 Å². The highest BCUT2D eigenvalue weighted by molar-refractivity contribution is 7.13. The molecular formula is C23H30N4O4S. The third-order valence-corrected chi connectivity index (χ3v) is 5.86. The Balaban J connectivity index is 1.54. The average molecular weight is 459 g/mol. The summed E-state index contributed by atoms with van der Waals surface area (Å²) in [7, 11) is 5.20. The standard InChI is InChI=1S/C23H30N4O4S/c1-5-11-27(15-21-24-25-23(31-21)20-7-6-13-32-20)22(28)16-26(2)12-10-17-8-9-18(29-3)19(14-17)30-4/h6-9,13-14H,5,10-12,15-16H2,1-4H3. The molecule has 1 amide bonds. The van der Waals surface area contributed by atoms with Gasteiger partial charge >= 0.3 is 0 Å². The van der Waals surface area contributed by atoms with Crippen molar-refractivity contribution >= 4 is 17.2 Å². The average Bonchev–Trinajstić information content (AvgIpc) is 3.49. The van der Waals surface area contributed by atoms with Crippen molar-refractivity contribution in [3.8, 4) is 22.3 Å². The molecule has 0 atom stereocenters. The monoisotopic (exact) mass is 458 g/mol. The summed E-state index contributed by atoms with van der Waals surface area (Å²) in [6, 6.07) is 9.76. The number of hydrogen-bond donors (Lipinski definition) is 0. The number of aromatic nitrogens is 2. The van der Waals surface area contributed by atoms with Crippen molar-refractivity contribution in [1.82, 2.24) is 20.0 Å². The van der Waals surface area contributed by atoms with E-state index in [9.17, 15) is 4.79 Å². The maximum absolute atomic E-state index is 12.9. The first-order valence-corrected chi connectivity index (χ1v) is 11.5. The Hall–Kier alpha value is -2.91. The Kier molecular flexibility index (Phi) is 8.64. The van der Waals surface area contributed by atoms with E-state index in [0.717, 1.165) is 29.8 Å². The second-order valence-corrected chi connectivity index (χ2v) is 8.42. The molecule has 32 heavy (non-hydrogen) atoms. The van der Waals surface area contributed by atoms with Crippen LogP contribution in [0.5, 0.6) is 11.5 Å². The highest BCUT2D eigenvalue weighted by atomic mass is 32.1. The van der Waals surface area contributed by atoms with Crippen LogP contribution < -0.4 is 9.47 Å². The summed E-state index contributed by atoms with van der Waals surface area (Å²) < 4.78 is 16.4. The lowest BCUT2D eigenvalue weighted by molar-refractivity contribution is -0.133. The van der Waals surface area contributed by atoms with Crippen molar-refractivity contribution in [1.29, 1.82) is 0 Å². The molecule has 0 saturated heterocycles. The minimum atomic E-state index is 0.0394. The highest BCUT2D eigenvalue weighted by Gasteiger charge is 2.19. The molecule has 0 saturated carbocycles. The Morgan fingerprint density at radius 3 is 2.62 bits per heavy atom. The lowest BCUT2D eigenvalue weighted by atomic mass is 10.1. The number of amides is 1. The molecular weight excluding hydrogens is 428 g/mol. The van der Waals surface area contributed by atoms with Gasteiger partial charge in [-0.05, 0) is 49.0 Å². The van der Waals surface area contributed by atoms with Gasteiger partial charge in [-0.15, -0.1) is 21.5 Å². The van der Waals surface area contributed by atoms with Crippen LogP contribution in [-0.2, 0) is 17.8 Å². The molecule has 0 aliphatic carbocycles. The van der Waals surface area contributed by atoms with Gasteiger partial charge in [-0.25, -0.2) is 0 Å². The minimum Gasteiger partial charge on any atom is -0.493 e. The third kappa shape index (κ3) is 6.30. The van der Waals surface area contributed by atoms with Gasteiger partial charge in [0.25, 0.3) is 5.89 Å². The van der Waals surface area contributed by atoms with E-state index in [1.165, 1.54) is 0 Å². The molecule has 3 aromatic rings. The van der Waals surface area contributed by atoms with Crippen molar-refractivity contribution in [2.75, 3.05) is 40.9 Å². The quantitative estimate of drug-likeness (QED) is 0.409. The number of hydrogen-bond acceptors (Lipinski definition) is 8. The second-order valence-electron chi connectivity index (χ2n) is 7.47. The van der Waals surface area contributed by atoms with Gasteiger partial charge in [-0.3, -0.25) is 9.69 Å². The molecule has 0 radical (unpaired) electrons. The van der Waals surface area contributed by atoms with E-state index in [2.05, 4.69) is 10.2 Å². The molecule has 1 aromatic carbocycles. The number of carbonyl (C=O) groups is 1. The van der Waals surface area contributed by atoms with Gasteiger partial charge < -0.3 is 18.8 Å². The molecule has 3 rings (SSSR count). The third-order valence-electron chi connectivity index (χ3n) is 5.01. The summed E-state index contributed by atoms with van der Waals surface area (Å²) in [6.07, 6.45) is 1.65. The molecule has 9 heteroatoms. The first-order chi connectivity index (χ1) is 15.5. The zero-order valence-electron chi connectivity index (χ0n) is 19.0. The number of carbonyl (C=O) groups excluding carboxylic acids is 1. The molecule has 0 N–H and O–H groups in total. The van der Waals surface area contributed by atoms with Crippen LogP contribution in [0.25, 0.3) is 10.8 Å². The summed E-state index contributed by atoms with van der Waals surface area (Å²) in [4.78, 5) is 17.7. The van der Waals surface area contributed by atoms with Gasteiger partial charge in [0.1, 0.15) is 0 Å². The Bertz CT molecular complexity index is 990. The van der Waals surface area contributed by atoms with E-state index in [0.29, 0.717) is 42.9 Å². The normalized spacial score (nSPS) is 11.0. The molecule has 0 fully saturated rings. The van der Waals surface area contributed by atoms with E-state index in [4.69, 9.17) is 13.9 Å². The van der Waals surface area contributed by atoms with Crippen LogP contribution in [0.4, 0.5) is 0 Å². The molecule has 2 aromatic heterocycles. The zero-order chi connectivity index (χ0) is 22.9. The summed E-state index contributed by atoms with van der Waals surface area (Å²) in [6.45, 7) is 4.06. The van der Waals surface area contributed by atoms with Crippen LogP contribution in [0.3, 0.4) is 0 Å². The first-order valence-electron chi connectivity index (χ1n) is 10.6. The van der Waals surface area contributed by atoms with E-state index in [-0.39, 0.29) is 5.91 Å². The molecule has 0 bridgehead atoms. The first kappa shape index (κ1) is 23.7. The number of benzene rings is 1. The van der Waals surface area contributed by atoms with Crippen molar-refractivity contribution < 1.29 is 18.7 Å². The summed E-state index contributed by atoms with van der Waals surface area (Å²) in [5.74, 6) is 2.39. The van der Waals surface area contributed by atoms with Gasteiger partial charge in [0, 0.05) is 13.1 Å². The van der Waals surface area contributed by atoms with E-state index >= 15 is 0 Å². The lowest BCUT2D eigenvalue weighted by Gasteiger charge is -2.24. The smallest absolute Gasteiger partial charge is 0.257 e. The zero-order valence-corrected chi connectivity index (χ0v) is 19.9. The number of rotatable bonds is 12. The van der Waals surface area contributed by atoms with Crippen LogP contribution in [-0.4, -0.2) is 66.8 Å². The highest BCUT2D eigenvalue weighted by Crippen LogP contribution is 2.27. The maximum atomic E-state index is 12.9. The van der Waals surface area contributed by atoms with E-state index in [1.807, 2.05) is 54.6 Å². The van der Waals surface area contributed by atoms with E-state index in [1.54, 1.807) is 30.5 Å². The molecule has 0 aliphatic rings. The number of likely N-dealkylation sites (N-methyl/N-ethyl adjacent to an activating group) is 1. The van der Waals surface area contributed by atoms with Crippen LogP contribution in [0.1, 0.15) is 24.8 Å². The van der Waals surface area contributed by atoms with Crippen LogP contribution in [0.2, 0.25) is 0 Å². The SMILES string of the molecule is CCCN(Cc1nnc(-c2cccs2)o1)C(=O)CN(C)CCc1ccc(OC)c(OC)c1. The second kappa shape index (κ2) is 11.6. The molecule has 0 aliphatic heterocycles. The van der Waals surface area contributed by atoms with E-state index < -0.39 is 0 Å². The molecule has 0 spiro atoms. The number of methoxy groups -OCH3 is 2. The molecule has 8 nitrogen and oxygen atoms in total. The summed E-state index contributed by atoms with van der Waals surface area (Å²) >= 11 is 1.54. The van der Waals surface area contributed by atoms with Crippen molar-refractivity contribution in [2.45, 2.75) is 26.3 Å². The van der Waals surface area contributed by atoms with Gasteiger partial charge in [-0.2, -0.15) is 0 Å². The molecule has 0 unspecified atom stereocenters. The fourth-order valence-electron chi connectivity index (χ4n) is 3.31. The van der Waals surface area contributed by atoms with Crippen LogP contribution >= 0.6 is 11.3 Å². The van der Waals surface area contributed by atoms with Gasteiger partial charge in [-0.1, -0.05) is 19.1 Å². The Morgan fingerprint density at radius 1 is 1.12 bits per heavy atom. The molecule has 2 heterocycles. The lowest BCUT2D eigenvalue weighted by Crippen LogP contribution is -2.39. The minimum absolute atomic E-state index is 0.0394. The van der Waals surface area contributed by atoms with Crippen molar-refractivity contribution in [2.24, 2.45) is 0 Å². The number of thiophene rings is 1. The maximum Gasteiger partial charge on any atom is 0.257 e. The van der Waals surface area contributed by atoms with Gasteiger partial charge in [0.2, 0.25) is 11.8 Å². The predicted octanol–water partition coefficient (Wildman–Crippen LogP) is 3.73. The topological polar surface area (TPSA) is 80.9 Å².